The number of imidazole rings is 1. The van der Waals surface area contributed by atoms with Gasteiger partial charge < -0.3 is 9.30 Å². The monoisotopic (exact) mass is 221 g/mol. The summed E-state index contributed by atoms with van der Waals surface area (Å²) in [5, 5.41) is 0. The van der Waals surface area contributed by atoms with Crippen molar-refractivity contribution in [1.29, 1.82) is 0 Å². The highest BCUT2D eigenvalue weighted by molar-refractivity contribution is 4.94. The van der Waals surface area contributed by atoms with Crippen LogP contribution in [0.3, 0.4) is 0 Å². The number of likely N-dealkylation sites (tertiary alicyclic amines) is 1. The van der Waals surface area contributed by atoms with Crippen molar-refractivity contribution in [3.8, 4) is 0 Å². The largest absolute Gasteiger partial charge is 0.372 e. The van der Waals surface area contributed by atoms with Gasteiger partial charge >= 0.3 is 0 Å². The van der Waals surface area contributed by atoms with Gasteiger partial charge in [0.2, 0.25) is 0 Å². The SMILES string of the molecule is Cc1nccn1[C@@H]1CCCN(C[C@H]2CO2)C1. The Morgan fingerprint density at radius 1 is 1.56 bits per heavy atom. The fourth-order valence-electron chi connectivity index (χ4n) is 2.66. The minimum atomic E-state index is 0.516. The minimum absolute atomic E-state index is 0.516. The first-order chi connectivity index (χ1) is 7.83. The van der Waals surface area contributed by atoms with Gasteiger partial charge in [0.25, 0.3) is 0 Å². The number of epoxide rings is 1. The molecule has 88 valence electrons. The Labute approximate surface area is 96.2 Å². The quantitative estimate of drug-likeness (QED) is 0.720. The highest BCUT2D eigenvalue weighted by Gasteiger charge is 2.29. The molecule has 3 rings (SSSR count). The zero-order chi connectivity index (χ0) is 11.0. The second-order valence-corrected chi connectivity index (χ2v) is 4.89. The lowest BCUT2D eigenvalue weighted by Gasteiger charge is -2.33. The average molecular weight is 221 g/mol. The smallest absolute Gasteiger partial charge is 0.105 e. The summed E-state index contributed by atoms with van der Waals surface area (Å²) >= 11 is 0. The van der Waals surface area contributed by atoms with Crippen LogP contribution >= 0.6 is 0 Å². The van der Waals surface area contributed by atoms with Crippen molar-refractivity contribution in [1.82, 2.24) is 14.5 Å². The number of ether oxygens (including phenoxy) is 1. The molecular weight excluding hydrogens is 202 g/mol. The Morgan fingerprint density at radius 2 is 2.44 bits per heavy atom. The van der Waals surface area contributed by atoms with Crippen LogP contribution in [0, 0.1) is 6.92 Å². The fourth-order valence-corrected chi connectivity index (χ4v) is 2.66. The number of hydrogen-bond acceptors (Lipinski definition) is 3. The summed E-state index contributed by atoms with van der Waals surface area (Å²) < 4.78 is 7.62. The van der Waals surface area contributed by atoms with Crippen molar-refractivity contribution < 1.29 is 4.74 Å². The summed E-state index contributed by atoms with van der Waals surface area (Å²) in [7, 11) is 0. The number of nitrogens with zero attached hydrogens (tertiary/aromatic N) is 3. The van der Waals surface area contributed by atoms with Crippen LogP contribution in [0.2, 0.25) is 0 Å². The van der Waals surface area contributed by atoms with Crippen LogP contribution in [-0.4, -0.2) is 46.8 Å². The predicted molar refractivity (Wildman–Crippen MR) is 61.4 cm³/mol. The van der Waals surface area contributed by atoms with Gasteiger partial charge in [-0.2, -0.15) is 0 Å². The average Bonchev–Trinajstić information content (AvgIpc) is 2.99. The topological polar surface area (TPSA) is 33.6 Å². The van der Waals surface area contributed by atoms with E-state index in [0.717, 1.165) is 25.5 Å². The van der Waals surface area contributed by atoms with Crippen molar-refractivity contribution in [3.05, 3.63) is 18.2 Å². The van der Waals surface area contributed by atoms with Gasteiger partial charge in [-0.05, 0) is 26.3 Å². The Balaban J connectivity index is 1.64. The molecule has 0 unspecified atom stereocenters. The summed E-state index contributed by atoms with van der Waals surface area (Å²) in [6.07, 6.45) is 7.09. The zero-order valence-corrected chi connectivity index (χ0v) is 9.80. The van der Waals surface area contributed by atoms with Gasteiger partial charge in [-0.1, -0.05) is 0 Å². The third-order valence-electron chi connectivity index (χ3n) is 3.60. The molecule has 0 N–H and O–H groups in total. The van der Waals surface area contributed by atoms with E-state index < -0.39 is 0 Å². The molecule has 1 aromatic heterocycles. The number of rotatable bonds is 3. The number of hydrogen-bond donors (Lipinski definition) is 0. The lowest BCUT2D eigenvalue weighted by molar-refractivity contribution is 0.163. The van der Waals surface area contributed by atoms with E-state index in [2.05, 4.69) is 27.6 Å². The molecule has 3 heterocycles. The summed E-state index contributed by atoms with van der Waals surface area (Å²) in [5.41, 5.74) is 0. The Morgan fingerprint density at radius 3 is 3.12 bits per heavy atom. The molecular formula is C12H19N3O. The maximum Gasteiger partial charge on any atom is 0.105 e. The Bertz CT molecular complexity index is 359. The molecule has 0 aliphatic carbocycles. The third-order valence-corrected chi connectivity index (χ3v) is 3.60. The second-order valence-electron chi connectivity index (χ2n) is 4.89. The fraction of sp³-hybridized carbons (Fsp3) is 0.750. The van der Waals surface area contributed by atoms with E-state index in [9.17, 15) is 0 Å². The molecule has 2 aliphatic heterocycles. The van der Waals surface area contributed by atoms with Gasteiger partial charge in [0.1, 0.15) is 5.82 Å². The normalized spacial score (nSPS) is 30.6. The van der Waals surface area contributed by atoms with Gasteiger partial charge in [0, 0.05) is 31.5 Å². The predicted octanol–water partition coefficient (Wildman–Crippen LogP) is 1.23. The van der Waals surface area contributed by atoms with Crippen molar-refractivity contribution in [2.75, 3.05) is 26.2 Å². The van der Waals surface area contributed by atoms with Crippen LogP contribution < -0.4 is 0 Å². The van der Waals surface area contributed by atoms with Crippen LogP contribution in [0.25, 0.3) is 0 Å². The van der Waals surface area contributed by atoms with Gasteiger partial charge in [-0.25, -0.2) is 4.98 Å². The van der Waals surface area contributed by atoms with Gasteiger partial charge in [0.05, 0.1) is 12.7 Å². The summed E-state index contributed by atoms with van der Waals surface area (Å²) in [6.45, 7) is 6.54. The highest BCUT2D eigenvalue weighted by atomic mass is 16.6. The van der Waals surface area contributed by atoms with Gasteiger partial charge in [-0.15, -0.1) is 0 Å². The summed E-state index contributed by atoms with van der Waals surface area (Å²) in [5.74, 6) is 1.13. The highest BCUT2D eigenvalue weighted by Crippen LogP contribution is 2.24. The molecule has 2 atom stereocenters. The van der Waals surface area contributed by atoms with E-state index in [1.54, 1.807) is 0 Å². The first kappa shape index (κ1) is 10.3. The van der Waals surface area contributed by atoms with Crippen molar-refractivity contribution in [2.24, 2.45) is 0 Å². The van der Waals surface area contributed by atoms with E-state index >= 15 is 0 Å². The maximum absolute atomic E-state index is 5.30. The van der Waals surface area contributed by atoms with Crippen molar-refractivity contribution in [3.63, 3.8) is 0 Å². The molecule has 4 nitrogen and oxygen atoms in total. The van der Waals surface area contributed by atoms with Crippen LogP contribution in [0.4, 0.5) is 0 Å². The summed E-state index contributed by atoms with van der Waals surface area (Å²) in [4.78, 5) is 6.84. The number of aromatic nitrogens is 2. The molecule has 0 radical (unpaired) electrons. The van der Waals surface area contributed by atoms with Crippen LogP contribution in [0.15, 0.2) is 12.4 Å². The van der Waals surface area contributed by atoms with Crippen molar-refractivity contribution in [2.45, 2.75) is 31.9 Å². The Hall–Kier alpha value is -0.870. The van der Waals surface area contributed by atoms with Crippen molar-refractivity contribution >= 4 is 0 Å². The lowest BCUT2D eigenvalue weighted by Crippen LogP contribution is -2.38. The second kappa shape index (κ2) is 4.18. The summed E-state index contributed by atoms with van der Waals surface area (Å²) in [6, 6.07) is 0.606. The first-order valence-electron chi connectivity index (χ1n) is 6.16. The number of aryl methyl sites for hydroxylation is 1. The molecule has 16 heavy (non-hydrogen) atoms. The van der Waals surface area contributed by atoms with Crippen LogP contribution in [-0.2, 0) is 4.74 Å². The minimum Gasteiger partial charge on any atom is -0.372 e. The molecule has 1 aromatic rings. The molecule has 0 amide bonds. The first-order valence-corrected chi connectivity index (χ1v) is 6.16. The molecule has 2 saturated heterocycles. The van der Waals surface area contributed by atoms with E-state index in [1.807, 2.05) is 6.20 Å². The number of piperidine rings is 1. The zero-order valence-electron chi connectivity index (χ0n) is 9.80. The Kier molecular flexibility index (Phi) is 2.69. The molecule has 2 fully saturated rings. The molecule has 2 aliphatic rings. The molecule has 4 heteroatoms. The van der Waals surface area contributed by atoms with Crippen LogP contribution in [0.1, 0.15) is 24.7 Å². The van der Waals surface area contributed by atoms with Crippen LogP contribution in [0.5, 0.6) is 0 Å². The lowest BCUT2D eigenvalue weighted by atomic mass is 10.1. The third kappa shape index (κ3) is 2.13. The maximum atomic E-state index is 5.30. The molecule has 0 saturated carbocycles. The molecule has 0 bridgehead atoms. The van der Waals surface area contributed by atoms with E-state index in [1.165, 1.54) is 19.4 Å². The van der Waals surface area contributed by atoms with E-state index in [-0.39, 0.29) is 0 Å². The standard InChI is InChI=1S/C12H19N3O/c1-10-13-4-6-15(10)11-3-2-5-14(7-11)8-12-9-16-12/h4,6,11-12H,2-3,5,7-9H2,1H3/t11-,12+/m1/s1. The molecule has 0 aromatic carbocycles. The van der Waals surface area contributed by atoms with E-state index in [0.29, 0.717) is 12.1 Å². The van der Waals surface area contributed by atoms with E-state index in [4.69, 9.17) is 4.74 Å². The van der Waals surface area contributed by atoms with Gasteiger partial charge in [-0.3, -0.25) is 4.90 Å². The molecule has 0 spiro atoms. The van der Waals surface area contributed by atoms with Gasteiger partial charge in [0.15, 0.2) is 0 Å².